The van der Waals surface area contributed by atoms with Gasteiger partial charge >= 0.3 is 0 Å². The average molecular weight is 295 g/mol. The number of rotatable bonds is 0. The van der Waals surface area contributed by atoms with E-state index < -0.39 is 16.1 Å². The minimum atomic E-state index is -1.41. The highest BCUT2D eigenvalue weighted by Crippen LogP contribution is 2.41. The van der Waals surface area contributed by atoms with Crippen molar-refractivity contribution in [3.8, 4) is 11.1 Å². The summed E-state index contributed by atoms with van der Waals surface area (Å²) < 4.78 is 0. The Labute approximate surface area is 123 Å². The molecule has 0 nitrogen and oxygen atoms in total. The summed E-state index contributed by atoms with van der Waals surface area (Å²) in [6, 6.07) is 24.6. The minimum Gasteiger partial charge on any atom is -0.0694 e. The van der Waals surface area contributed by atoms with Gasteiger partial charge in [0.05, 0.1) is 0 Å². The summed E-state index contributed by atoms with van der Waals surface area (Å²) in [5.41, 5.74) is 3.10. The molecular formula is C18H22Si2. The predicted molar refractivity (Wildman–Crippen MR) is 93.6 cm³/mol. The Morgan fingerprint density at radius 1 is 0.650 bits per heavy atom. The molecule has 2 aromatic carbocycles. The van der Waals surface area contributed by atoms with Crippen molar-refractivity contribution < 1.29 is 0 Å². The molecule has 2 heterocycles. The van der Waals surface area contributed by atoms with Gasteiger partial charge in [-0.1, -0.05) is 85.8 Å². The van der Waals surface area contributed by atoms with Crippen LogP contribution in [-0.2, 0) is 0 Å². The summed E-state index contributed by atoms with van der Waals surface area (Å²) in [7, 11) is -2.31. The molecule has 4 rings (SSSR count). The normalized spacial score (nSPS) is 21.5. The third-order valence-electron chi connectivity index (χ3n) is 5.63. The third-order valence-corrected chi connectivity index (χ3v) is 15.0. The van der Waals surface area contributed by atoms with Crippen molar-refractivity contribution in [2.75, 3.05) is 0 Å². The SMILES string of the molecule is C[Si]1(C)CC[Si]2(CC1)c1ccccc1-c1ccccc12. The molecule has 2 aromatic rings. The molecule has 0 amide bonds. The molecule has 0 unspecified atom stereocenters. The zero-order valence-corrected chi connectivity index (χ0v) is 14.4. The van der Waals surface area contributed by atoms with Crippen LogP contribution in [-0.4, -0.2) is 16.1 Å². The van der Waals surface area contributed by atoms with E-state index in [0.717, 1.165) is 0 Å². The largest absolute Gasteiger partial charge is 0.119 e. The highest BCUT2D eigenvalue weighted by molar-refractivity contribution is 7.07. The maximum Gasteiger partial charge on any atom is 0.119 e. The first-order valence-electron chi connectivity index (χ1n) is 7.82. The van der Waals surface area contributed by atoms with E-state index in [0.29, 0.717) is 0 Å². The molecule has 1 fully saturated rings. The van der Waals surface area contributed by atoms with Crippen LogP contribution < -0.4 is 10.4 Å². The molecular weight excluding hydrogens is 272 g/mol. The zero-order valence-electron chi connectivity index (χ0n) is 12.4. The Balaban J connectivity index is 1.92. The molecule has 2 aliphatic heterocycles. The molecule has 0 N–H and O–H groups in total. The fraction of sp³-hybridized carbons (Fsp3) is 0.333. The molecule has 0 atom stereocenters. The van der Waals surface area contributed by atoms with E-state index in [4.69, 9.17) is 0 Å². The first kappa shape index (κ1) is 12.6. The average Bonchev–Trinajstić information content (AvgIpc) is 2.74. The van der Waals surface area contributed by atoms with E-state index in [2.05, 4.69) is 61.6 Å². The maximum absolute atomic E-state index is 2.58. The Morgan fingerprint density at radius 2 is 1.10 bits per heavy atom. The van der Waals surface area contributed by atoms with Gasteiger partial charge in [-0.25, -0.2) is 0 Å². The first-order chi connectivity index (χ1) is 9.62. The van der Waals surface area contributed by atoms with Gasteiger partial charge in [-0.05, 0) is 21.5 Å². The van der Waals surface area contributed by atoms with Gasteiger partial charge in [0, 0.05) is 8.07 Å². The van der Waals surface area contributed by atoms with Crippen LogP contribution in [0.3, 0.4) is 0 Å². The van der Waals surface area contributed by atoms with Gasteiger partial charge in [0.15, 0.2) is 0 Å². The van der Waals surface area contributed by atoms with Gasteiger partial charge in [0.1, 0.15) is 8.07 Å². The monoisotopic (exact) mass is 294 g/mol. The minimum absolute atomic E-state index is 0.892. The Morgan fingerprint density at radius 3 is 1.60 bits per heavy atom. The lowest BCUT2D eigenvalue weighted by Gasteiger charge is -2.40. The van der Waals surface area contributed by atoms with Crippen molar-refractivity contribution in [1.82, 2.24) is 0 Å². The van der Waals surface area contributed by atoms with Crippen molar-refractivity contribution in [3.63, 3.8) is 0 Å². The van der Waals surface area contributed by atoms with Crippen molar-refractivity contribution >= 4 is 26.5 Å². The molecule has 20 heavy (non-hydrogen) atoms. The first-order valence-corrected chi connectivity index (χ1v) is 13.6. The van der Waals surface area contributed by atoms with E-state index >= 15 is 0 Å². The lowest BCUT2D eigenvalue weighted by molar-refractivity contribution is 1.13. The molecule has 2 aliphatic rings. The molecule has 1 spiro atoms. The standard InChI is InChI=1S/C18H22Si2/c1-19(2)11-13-20(14-12-19)17-9-5-3-7-15(17)16-8-4-6-10-18(16)20/h3-10H,11-14H2,1-2H3. The van der Waals surface area contributed by atoms with Gasteiger partial charge in [-0.3, -0.25) is 0 Å². The van der Waals surface area contributed by atoms with Crippen LogP contribution in [0.4, 0.5) is 0 Å². The van der Waals surface area contributed by atoms with Crippen LogP contribution in [0.15, 0.2) is 48.5 Å². The van der Waals surface area contributed by atoms with Crippen LogP contribution in [0.5, 0.6) is 0 Å². The molecule has 0 aromatic heterocycles. The Bertz CT molecular complexity index is 615. The van der Waals surface area contributed by atoms with E-state index in [1.165, 1.54) is 24.2 Å². The second-order valence-electron chi connectivity index (χ2n) is 7.34. The molecule has 102 valence electrons. The fourth-order valence-electron chi connectivity index (χ4n) is 4.31. The smallest absolute Gasteiger partial charge is 0.0694 e. The highest BCUT2D eigenvalue weighted by Gasteiger charge is 2.48. The van der Waals surface area contributed by atoms with Crippen molar-refractivity contribution in [3.05, 3.63) is 48.5 Å². The maximum atomic E-state index is 2.58. The fourth-order valence-corrected chi connectivity index (χ4v) is 17.3. The Hall–Kier alpha value is -1.13. The molecule has 0 aliphatic carbocycles. The highest BCUT2D eigenvalue weighted by atomic mass is 28.3. The number of hydrogen-bond acceptors (Lipinski definition) is 0. The van der Waals surface area contributed by atoms with Gasteiger partial charge in [0.2, 0.25) is 0 Å². The summed E-state index contributed by atoms with van der Waals surface area (Å²) in [5.74, 6) is 0. The molecule has 0 saturated carbocycles. The van der Waals surface area contributed by atoms with Crippen molar-refractivity contribution in [1.29, 1.82) is 0 Å². The van der Waals surface area contributed by atoms with E-state index in [1.807, 2.05) is 0 Å². The van der Waals surface area contributed by atoms with Gasteiger partial charge in [-0.15, -0.1) is 0 Å². The number of hydrogen-bond donors (Lipinski definition) is 0. The lowest BCUT2D eigenvalue weighted by atomic mass is 10.1. The zero-order chi connectivity index (χ0) is 13.8. The molecule has 0 bridgehead atoms. The van der Waals surface area contributed by atoms with E-state index in [1.54, 1.807) is 21.5 Å². The molecule has 1 saturated heterocycles. The number of fused-ring (bicyclic) bond motifs is 5. The van der Waals surface area contributed by atoms with Gasteiger partial charge in [0.25, 0.3) is 0 Å². The summed E-state index contributed by atoms with van der Waals surface area (Å²) in [6.07, 6.45) is 0. The van der Waals surface area contributed by atoms with Gasteiger partial charge in [-0.2, -0.15) is 0 Å². The van der Waals surface area contributed by atoms with E-state index in [-0.39, 0.29) is 0 Å². The summed E-state index contributed by atoms with van der Waals surface area (Å²) in [4.78, 5) is 0. The topological polar surface area (TPSA) is 0 Å². The van der Waals surface area contributed by atoms with Crippen molar-refractivity contribution in [2.24, 2.45) is 0 Å². The van der Waals surface area contributed by atoms with Crippen LogP contribution in [0.1, 0.15) is 0 Å². The van der Waals surface area contributed by atoms with Crippen LogP contribution >= 0.6 is 0 Å². The molecule has 0 radical (unpaired) electrons. The second-order valence-corrected chi connectivity index (χ2v) is 16.9. The summed E-state index contributed by atoms with van der Waals surface area (Å²) in [6.45, 7) is 5.17. The summed E-state index contributed by atoms with van der Waals surface area (Å²) >= 11 is 0. The second kappa shape index (κ2) is 4.18. The van der Waals surface area contributed by atoms with Crippen LogP contribution in [0, 0.1) is 0 Å². The summed E-state index contributed by atoms with van der Waals surface area (Å²) in [5, 5.41) is 3.48. The van der Waals surface area contributed by atoms with Gasteiger partial charge < -0.3 is 0 Å². The van der Waals surface area contributed by atoms with Crippen molar-refractivity contribution in [2.45, 2.75) is 37.3 Å². The van der Waals surface area contributed by atoms with Crippen LogP contribution in [0.2, 0.25) is 37.3 Å². The quantitative estimate of drug-likeness (QED) is 0.645. The van der Waals surface area contributed by atoms with E-state index in [9.17, 15) is 0 Å². The lowest BCUT2D eigenvalue weighted by Crippen LogP contribution is -2.59. The Kier molecular flexibility index (Phi) is 2.64. The predicted octanol–water partition coefficient (Wildman–Crippen LogP) is 3.95. The number of benzene rings is 2. The third kappa shape index (κ3) is 1.64. The molecule has 2 heteroatoms. The van der Waals surface area contributed by atoms with Crippen LogP contribution in [0.25, 0.3) is 11.1 Å².